The second-order valence-corrected chi connectivity index (χ2v) is 7.92. The lowest BCUT2D eigenvalue weighted by Gasteiger charge is -2.12. The molecular weight excluding hydrogens is 451 g/mol. The van der Waals surface area contributed by atoms with Crippen LogP contribution in [0.4, 0.5) is 13.2 Å². The van der Waals surface area contributed by atoms with E-state index < -0.39 is 11.7 Å². The summed E-state index contributed by atoms with van der Waals surface area (Å²) >= 11 is 1.28. The molecule has 4 rings (SSSR count). The highest BCUT2D eigenvalue weighted by atomic mass is 32.1. The molecule has 33 heavy (non-hydrogen) atoms. The minimum absolute atomic E-state index is 0.0361. The number of amides is 1. The number of benzene rings is 2. The van der Waals surface area contributed by atoms with Crippen LogP contribution in [-0.2, 0) is 19.3 Å². The number of para-hydroxylation sites is 1. The van der Waals surface area contributed by atoms with Crippen molar-refractivity contribution in [2.75, 3.05) is 0 Å². The van der Waals surface area contributed by atoms with Crippen LogP contribution < -0.4 is 10.1 Å². The molecule has 0 radical (unpaired) electrons. The van der Waals surface area contributed by atoms with Crippen molar-refractivity contribution in [1.82, 2.24) is 15.3 Å². The van der Waals surface area contributed by atoms with E-state index in [0.29, 0.717) is 28.4 Å². The van der Waals surface area contributed by atoms with Crippen LogP contribution in [-0.4, -0.2) is 15.9 Å². The van der Waals surface area contributed by atoms with Gasteiger partial charge in [0, 0.05) is 24.3 Å². The number of ether oxygens (including phenoxy) is 1. The van der Waals surface area contributed by atoms with Gasteiger partial charge < -0.3 is 10.1 Å². The van der Waals surface area contributed by atoms with Gasteiger partial charge in [0.2, 0.25) is 0 Å². The summed E-state index contributed by atoms with van der Waals surface area (Å²) in [5, 5.41) is 5.04. The second-order valence-electron chi connectivity index (χ2n) is 7.06. The highest BCUT2D eigenvalue weighted by molar-refractivity contribution is 7.13. The lowest BCUT2D eigenvalue weighted by Crippen LogP contribution is -2.23. The summed E-state index contributed by atoms with van der Waals surface area (Å²) in [6, 6.07) is 15.7. The van der Waals surface area contributed by atoms with E-state index in [1.54, 1.807) is 48.1 Å². The molecular formula is C24H18F3N3O2S. The van der Waals surface area contributed by atoms with E-state index in [0.717, 1.165) is 17.7 Å². The fraction of sp³-hybridized carbons (Fsp3) is 0.125. The first-order chi connectivity index (χ1) is 15.9. The molecule has 1 amide bonds. The lowest BCUT2D eigenvalue weighted by molar-refractivity contribution is -0.137. The largest absolute Gasteiger partial charge is 0.488 e. The number of nitrogens with one attached hydrogen (secondary N) is 1. The van der Waals surface area contributed by atoms with Crippen molar-refractivity contribution in [3.63, 3.8) is 0 Å². The summed E-state index contributed by atoms with van der Waals surface area (Å²) in [7, 11) is 0. The smallest absolute Gasteiger partial charge is 0.416 e. The number of hydrogen-bond donors (Lipinski definition) is 1. The summed E-state index contributed by atoms with van der Waals surface area (Å²) in [6.07, 6.45) is -1.11. The zero-order valence-corrected chi connectivity index (χ0v) is 18.0. The number of halogens is 3. The molecule has 0 spiro atoms. The quantitative estimate of drug-likeness (QED) is 0.375. The van der Waals surface area contributed by atoms with Crippen molar-refractivity contribution >= 4 is 17.2 Å². The number of hydrogen-bond acceptors (Lipinski definition) is 5. The van der Waals surface area contributed by atoms with Crippen molar-refractivity contribution in [2.45, 2.75) is 19.3 Å². The highest BCUT2D eigenvalue weighted by Crippen LogP contribution is 2.33. The summed E-state index contributed by atoms with van der Waals surface area (Å²) in [4.78, 5) is 20.8. The third kappa shape index (κ3) is 5.75. The van der Waals surface area contributed by atoms with Gasteiger partial charge in [-0.2, -0.15) is 13.2 Å². The summed E-state index contributed by atoms with van der Waals surface area (Å²) in [6.45, 7) is 0.316. The van der Waals surface area contributed by atoms with Crippen molar-refractivity contribution in [2.24, 2.45) is 0 Å². The number of carbonyl (C=O) groups is 1. The van der Waals surface area contributed by atoms with Gasteiger partial charge in [-0.3, -0.25) is 9.78 Å². The Balaban J connectivity index is 1.46. The van der Waals surface area contributed by atoms with Crippen LogP contribution in [0.15, 0.2) is 78.4 Å². The van der Waals surface area contributed by atoms with Gasteiger partial charge in [-0.05, 0) is 47.5 Å². The number of carbonyl (C=O) groups excluding carboxylic acids is 1. The summed E-state index contributed by atoms with van der Waals surface area (Å²) in [5.41, 5.74) is 1.52. The molecule has 2 aromatic heterocycles. The van der Waals surface area contributed by atoms with E-state index in [2.05, 4.69) is 15.3 Å². The number of rotatable bonds is 7. The lowest BCUT2D eigenvalue weighted by atomic mass is 10.1. The van der Waals surface area contributed by atoms with Gasteiger partial charge in [0.05, 0.1) is 11.1 Å². The second kappa shape index (κ2) is 9.83. The molecule has 0 unspecified atom stereocenters. The van der Waals surface area contributed by atoms with Crippen molar-refractivity contribution < 1.29 is 22.7 Å². The molecule has 2 heterocycles. The van der Waals surface area contributed by atoms with Gasteiger partial charge in [0.1, 0.15) is 23.1 Å². The van der Waals surface area contributed by atoms with E-state index in [1.165, 1.54) is 17.4 Å². The molecule has 1 N–H and O–H groups in total. The number of nitrogens with zero attached hydrogens (tertiary/aromatic N) is 2. The third-order valence-electron chi connectivity index (χ3n) is 4.71. The molecule has 4 aromatic rings. The monoisotopic (exact) mass is 469 g/mol. The topological polar surface area (TPSA) is 64.1 Å². The molecule has 5 nitrogen and oxygen atoms in total. The van der Waals surface area contributed by atoms with Crippen LogP contribution in [0.25, 0.3) is 10.6 Å². The maximum Gasteiger partial charge on any atom is 0.416 e. The first kappa shape index (κ1) is 22.5. The zero-order chi connectivity index (χ0) is 23.3. The van der Waals surface area contributed by atoms with Crippen LogP contribution in [0.2, 0.25) is 0 Å². The number of aromatic nitrogens is 2. The highest BCUT2D eigenvalue weighted by Gasteiger charge is 2.30. The molecule has 0 aliphatic carbocycles. The Kier molecular flexibility index (Phi) is 6.69. The van der Waals surface area contributed by atoms with Crippen LogP contribution in [0.3, 0.4) is 0 Å². The van der Waals surface area contributed by atoms with Crippen LogP contribution in [0, 0.1) is 0 Å². The average Bonchev–Trinajstić information content (AvgIpc) is 3.32. The standard InChI is InChI=1S/C24H18F3N3O2S/c25-24(26,27)18-5-3-4-17(12-18)14-32-21-7-2-1-6-19(21)23-30-20(15-33-23)22(31)29-13-16-8-10-28-11-9-16/h1-12,15H,13-14H2,(H,29,31). The minimum atomic E-state index is -4.41. The van der Waals surface area contributed by atoms with Gasteiger partial charge in [-0.25, -0.2) is 4.98 Å². The fourth-order valence-electron chi connectivity index (χ4n) is 3.04. The van der Waals surface area contributed by atoms with Gasteiger partial charge in [-0.1, -0.05) is 24.3 Å². The van der Waals surface area contributed by atoms with E-state index >= 15 is 0 Å². The van der Waals surface area contributed by atoms with Crippen LogP contribution in [0.5, 0.6) is 5.75 Å². The molecule has 0 saturated carbocycles. The van der Waals surface area contributed by atoms with E-state index in [-0.39, 0.29) is 18.2 Å². The van der Waals surface area contributed by atoms with E-state index in [4.69, 9.17) is 4.74 Å². The normalized spacial score (nSPS) is 11.2. The maximum absolute atomic E-state index is 13.0. The molecule has 0 saturated heterocycles. The van der Waals surface area contributed by atoms with Crippen LogP contribution >= 0.6 is 11.3 Å². The molecule has 0 aliphatic rings. The molecule has 0 atom stereocenters. The first-order valence-corrected chi connectivity index (χ1v) is 10.8. The molecule has 0 fully saturated rings. The van der Waals surface area contributed by atoms with Crippen molar-refractivity contribution in [3.8, 4) is 16.3 Å². The predicted octanol–water partition coefficient (Wildman–Crippen LogP) is 5.73. The Morgan fingerprint density at radius 1 is 1.00 bits per heavy atom. The fourth-order valence-corrected chi connectivity index (χ4v) is 3.87. The Labute approximate surface area is 191 Å². The van der Waals surface area contributed by atoms with Crippen molar-refractivity contribution in [3.05, 3.63) is 101 Å². The maximum atomic E-state index is 13.0. The zero-order valence-electron chi connectivity index (χ0n) is 17.2. The molecule has 9 heteroatoms. The van der Waals surface area contributed by atoms with Gasteiger partial charge >= 0.3 is 6.18 Å². The summed E-state index contributed by atoms with van der Waals surface area (Å²) in [5.74, 6) is 0.157. The Bertz CT molecular complexity index is 1240. The van der Waals surface area contributed by atoms with Gasteiger partial charge in [0.15, 0.2) is 0 Å². The predicted molar refractivity (Wildman–Crippen MR) is 119 cm³/mol. The molecule has 0 bridgehead atoms. The first-order valence-electron chi connectivity index (χ1n) is 9.91. The molecule has 2 aromatic carbocycles. The van der Waals surface area contributed by atoms with Crippen LogP contribution in [0.1, 0.15) is 27.2 Å². The Morgan fingerprint density at radius 2 is 1.79 bits per heavy atom. The number of alkyl halides is 3. The molecule has 0 aliphatic heterocycles. The Hall–Kier alpha value is -3.72. The van der Waals surface area contributed by atoms with Crippen molar-refractivity contribution in [1.29, 1.82) is 0 Å². The summed E-state index contributed by atoms with van der Waals surface area (Å²) < 4.78 is 44.7. The SMILES string of the molecule is O=C(NCc1ccncc1)c1csc(-c2ccccc2OCc2cccc(C(F)(F)F)c2)n1. The minimum Gasteiger partial charge on any atom is -0.488 e. The molecule has 168 valence electrons. The number of thiazole rings is 1. The third-order valence-corrected chi connectivity index (χ3v) is 5.58. The number of pyridine rings is 1. The Morgan fingerprint density at radius 3 is 2.58 bits per heavy atom. The van der Waals surface area contributed by atoms with Gasteiger partial charge in [0.25, 0.3) is 5.91 Å². The van der Waals surface area contributed by atoms with E-state index in [1.807, 2.05) is 12.1 Å². The van der Waals surface area contributed by atoms with E-state index in [9.17, 15) is 18.0 Å². The van der Waals surface area contributed by atoms with Gasteiger partial charge in [-0.15, -0.1) is 11.3 Å². The average molecular weight is 469 g/mol.